The number of benzene rings is 2. The summed E-state index contributed by atoms with van der Waals surface area (Å²) in [4.78, 5) is 4.67. The maximum Gasteiger partial charge on any atom is 0.132 e. The van der Waals surface area contributed by atoms with Gasteiger partial charge in [0.15, 0.2) is 0 Å². The molecule has 1 atom stereocenters. The molecule has 0 saturated carbocycles. The Labute approximate surface area is 141 Å². The summed E-state index contributed by atoms with van der Waals surface area (Å²) < 4.78 is 2.97. The van der Waals surface area contributed by atoms with Crippen LogP contribution < -0.4 is 0 Å². The standard InChI is InChI=1S/C16H13BrCl2N2/c1-9-3-5-15-13(7-9)20-16(10(2)18)21(15)14-6-4-11(17)8-12(14)19/h3-8,10H,1-2H3. The largest absolute Gasteiger partial charge is 0.294 e. The zero-order valence-corrected chi connectivity index (χ0v) is 14.7. The van der Waals surface area contributed by atoms with E-state index in [0.717, 1.165) is 27.0 Å². The smallest absolute Gasteiger partial charge is 0.132 e. The van der Waals surface area contributed by atoms with Crippen LogP contribution in [0.2, 0.25) is 5.02 Å². The van der Waals surface area contributed by atoms with Crippen LogP contribution in [0.15, 0.2) is 40.9 Å². The van der Waals surface area contributed by atoms with Gasteiger partial charge in [-0.25, -0.2) is 4.98 Å². The van der Waals surface area contributed by atoms with Crippen molar-refractivity contribution in [2.75, 3.05) is 0 Å². The lowest BCUT2D eigenvalue weighted by molar-refractivity contribution is 0.882. The minimum absolute atomic E-state index is 0.211. The van der Waals surface area contributed by atoms with Gasteiger partial charge in [-0.2, -0.15) is 0 Å². The number of alkyl halides is 1. The molecule has 0 aliphatic carbocycles. The Hall–Kier alpha value is -1.03. The summed E-state index contributed by atoms with van der Waals surface area (Å²) in [5.41, 5.74) is 3.99. The second-order valence-electron chi connectivity index (χ2n) is 5.01. The molecule has 3 rings (SSSR count). The molecule has 0 N–H and O–H groups in total. The second-order valence-corrected chi connectivity index (χ2v) is 6.99. The molecule has 2 nitrogen and oxygen atoms in total. The van der Waals surface area contributed by atoms with Crippen molar-refractivity contribution in [1.29, 1.82) is 0 Å². The molecule has 0 bridgehead atoms. The van der Waals surface area contributed by atoms with Gasteiger partial charge in [0.2, 0.25) is 0 Å². The van der Waals surface area contributed by atoms with E-state index in [1.165, 1.54) is 5.56 Å². The summed E-state index contributed by atoms with van der Waals surface area (Å²) >= 11 is 16.2. The van der Waals surface area contributed by atoms with E-state index < -0.39 is 0 Å². The Balaban J connectivity index is 2.36. The highest BCUT2D eigenvalue weighted by Gasteiger charge is 2.18. The van der Waals surface area contributed by atoms with Gasteiger partial charge in [-0.05, 0) is 49.7 Å². The van der Waals surface area contributed by atoms with E-state index in [0.29, 0.717) is 5.02 Å². The summed E-state index contributed by atoms with van der Waals surface area (Å²) in [5, 5.41) is 0.445. The van der Waals surface area contributed by atoms with E-state index in [-0.39, 0.29) is 5.38 Å². The van der Waals surface area contributed by atoms with Gasteiger partial charge in [-0.1, -0.05) is 33.6 Å². The Kier molecular flexibility index (Phi) is 4.00. The van der Waals surface area contributed by atoms with Crippen LogP contribution in [-0.4, -0.2) is 9.55 Å². The van der Waals surface area contributed by atoms with Gasteiger partial charge in [-0.3, -0.25) is 4.57 Å². The lowest BCUT2D eigenvalue weighted by Crippen LogP contribution is -2.02. The molecular formula is C16H13BrCl2N2. The first-order valence-corrected chi connectivity index (χ1v) is 8.16. The summed E-state index contributed by atoms with van der Waals surface area (Å²) in [7, 11) is 0. The molecule has 0 fully saturated rings. The van der Waals surface area contributed by atoms with Gasteiger partial charge < -0.3 is 0 Å². The van der Waals surface area contributed by atoms with Gasteiger partial charge in [0.05, 0.1) is 27.1 Å². The summed E-state index contributed by atoms with van der Waals surface area (Å²) in [5.74, 6) is 0.793. The number of fused-ring (bicyclic) bond motifs is 1. The van der Waals surface area contributed by atoms with Crippen LogP contribution >= 0.6 is 39.1 Å². The van der Waals surface area contributed by atoms with E-state index in [4.69, 9.17) is 23.2 Å². The number of halogens is 3. The first kappa shape index (κ1) is 14.9. The number of imidazole rings is 1. The summed E-state index contributed by atoms with van der Waals surface area (Å²) in [6.07, 6.45) is 0. The topological polar surface area (TPSA) is 17.8 Å². The fourth-order valence-electron chi connectivity index (χ4n) is 2.39. The zero-order chi connectivity index (χ0) is 15.1. The van der Waals surface area contributed by atoms with Gasteiger partial charge in [0.25, 0.3) is 0 Å². The lowest BCUT2D eigenvalue weighted by atomic mass is 10.2. The van der Waals surface area contributed by atoms with Crippen molar-refractivity contribution in [3.63, 3.8) is 0 Å². The van der Waals surface area contributed by atoms with Crippen LogP contribution in [0.4, 0.5) is 0 Å². The van der Waals surface area contributed by atoms with Crippen LogP contribution in [0.1, 0.15) is 23.7 Å². The molecule has 5 heteroatoms. The molecule has 1 heterocycles. The molecule has 2 aromatic carbocycles. The molecule has 0 radical (unpaired) electrons. The van der Waals surface area contributed by atoms with Crippen molar-refractivity contribution < 1.29 is 0 Å². The molecule has 21 heavy (non-hydrogen) atoms. The summed E-state index contributed by atoms with van der Waals surface area (Å²) in [6.45, 7) is 3.97. The number of hydrogen-bond acceptors (Lipinski definition) is 1. The predicted molar refractivity (Wildman–Crippen MR) is 92.8 cm³/mol. The van der Waals surface area contributed by atoms with E-state index >= 15 is 0 Å². The molecule has 3 aromatic rings. The van der Waals surface area contributed by atoms with E-state index in [1.54, 1.807) is 0 Å². The zero-order valence-electron chi connectivity index (χ0n) is 11.6. The Bertz CT molecular complexity index is 825. The molecule has 0 aliphatic heterocycles. The number of rotatable bonds is 2. The van der Waals surface area contributed by atoms with Gasteiger partial charge >= 0.3 is 0 Å². The average molecular weight is 384 g/mol. The SMILES string of the molecule is Cc1ccc2c(c1)nc(C(C)Cl)n2-c1ccc(Br)cc1Cl. The van der Waals surface area contributed by atoms with E-state index in [1.807, 2.05) is 29.7 Å². The van der Waals surface area contributed by atoms with Crippen LogP contribution in [-0.2, 0) is 0 Å². The highest BCUT2D eigenvalue weighted by atomic mass is 79.9. The Morgan fingerprint density at radius 3 is 2.62 bits per heavy atom. The fraction of sp³-hybridized carbons (Fsp3) is 0.188. The van der Waals surface area contributed by atoms with Crippen LogP contribution in [0.25, 0.3) is 16.7 Å². The first-order valence-electron chi connectivity index (χ1n) is 6.56. The normalized spacial score (nSPS) is 12.8. The summed E-state index contributed by atoms with van der Waals surface area (Å²) in [6, 6.07) is 12.0. The molecule has 0 amide bonds. The third-order valence-corrected chi connectivity index (χ3v) is 4.33. The van der Waals surface area contributed by atoms with E-state index in [2.05, 4.69) is 46.0 Å². The molecule has 0 saturated heterocycles. The molecule has 0 spiro atoms. The highest BCUT2D eigenvalue weighted by Crippen LogP contribution is 2.33. The minimum atomic E-state index is -0.211. The maximum atomic E-state index is 6.41. The van der Waals surface area contributed by atoms with E-state index in [9.17, 15) is 0 Å². The molecule has 0 aliphatic rings. The van der Waals surface area contributed by atoms with Crippen LogP contribution in [0.5, 0.6) is 0 Å². The monoisotopic (exact) mass is 382 g/mol. The molecule has 108 valence electrons. The van der Waals surface area contributed by atoms with Crippen molar-refractivity contribution in [3.05, 3.63) is 57.3 Å². The quantitative estimate of drug-likeness (QED) is 0.492. The molecular weight excluding hydrogens is 371 g/mol. The van der Waals surface area contributed by atoms with Crippen molar-refractivity contribution in [2.45, 2.75) is 19.2 Å². The third kappa shape index (κ3) is 2.70. The van der Waals surface area contributed by atoms with Crippen molar-refractivity contribution in [3.8, 4) is 5.69 Å². The number of nitrogens with zero attached hydrogens (tertiary/aromatic N) is 2. The lowest BCUT2D eigenvalue weighted by Gasteiger charge is -2.12. The van der Waals surface area contributed by atoms with Gasteiger partial charge in [0, 0.05) is 4.47 Å². The first-order chi connectivity index (χ1) is 9.97. The average Bonchev–Trinajstić information content (AvgIpc) is 2.77. The molecule has 1 aromatic heterocycles. The van der Waals surface area contributed by atoms with Crippen LogP contribution in [0.3, 0.4) is 0 Å². The highest BCUT2D eigenvalue weighted by molar-refractivity contribution is 9.10. The van der Waals surface area contributed by atoms with Crippen molar-refractivity contribution in [1.82, 2.24) is 9.55 Å². The number of aryl methyl sites for hydroxylation is 1. The van der Waals surface area contributed by atoms with Crippen molar-refractivity contribution in [2.24, 2.45) is 0 Å². The minimum Gasteiger partial charge on any atom is -0.294 e. The van der Waals surface area contributed by atoms with Gasteiger partial charge in [-0.15, -0.1) is 11.6 Å². The number of aromatic nitrogens is 2. The second kappa shape index (κ2) is 5.64. The van der Waals surface area contributed by atoms with Crippen LogP contribution in [0, 0.1) is 6.92 Å². The Morgan fingerprint density at radius 1 is 1.19 bits per heavy atom. The molecule has 1 unspecified atom stereocenters. The number of hydrogen-bond donors (Lipinski definition) is 0. The van der Waals surface area contributed by atoms with Crippen molar-refractivity contribution >= 4 is 50.2 Å². The van der Waals surface area contributed by atoms with Gasteiger partial charge in [0.1, 0.15) is 5.82 Å². The fourth-order valence-corrected chi connectivity index (χ4v) is 3.30. The maximum absolute atomic E-state index is 6.41. The third-order valence-electron chi connectivity index (χ3n) is 3.34. The Morgan fingerprint density at radius 2 is 1.95 bits per heavy atom. The predicted octanol–water partition coefficient (Wildman–Crippen LogP) is 6.05.